The van der Waals surface area contributed by atoms with Crippen molar-refractivity contribution in [1.82, 2.24) is 15.1 Å². The number of carbonyl (C=O) groups is 1. The van der Waals surface area contributed by atoms with Gasteiger partial charge in [-0.3, -0.25) is 9.48 Å². The van der Waals surface area contributed by atoms with E-state index in [0.717, 1.165) is 11.3 Å². The van der Waals surface area contributed by atoms with Crippen LogP contribution in [0.1, 0.15) is 28.7 Å². The molecule has 1 atom stereocenters. The number of carbonyl (C=O) groups excluding carboxylic acids is 1. The molecule has 27 heavy (non-hydrogen) atoms. The second kappa shape index (κ2) is 7.03. The van der Waals surface area contributed by atoms with Crippen LogP contribution in [0.3, 0.4) is 0 Å². The number of rotatable bonds is 5. The van der Waals surface area contributed by atoms with Crippen molar-refractivity contribution in [1.29, 1.82) is 0 Å². The van der Waals surface area contributed by atoms with Gasteiger partial charge < -0.3 is 9.73 Å². The molecule has 140 valence electrons. The smallest absolute Gasteiger partial charge is 0.272 e. The van der Waals surface area contributed by atoms with Gasteiger partial charge in [-0.05, 0) is 30.2 Å². The summed E-state index contributed by atoms with van der Waals surface area (Å²) in [5.74, 6) is 0.504. The zero-order valence-corrected chi connectivity index (χ0v) is 15.4. The summed E-state index contributed by atoms with van der Waals surface area (Å²) >= 11 is 0. The molecule has 1 N–H and O–H groups in total. The third-order valence-electron chi connectivity index (χ3n) is 4.60. The molecule has 1 saturated heterocycles. The molecule has 1 aliphatic rings. The Morgan fingerprint density at radius 2 is 2.04 bits per heavy atom. The molecule has 3 aromatic rings. The summed E-state index contributed by atoms with van der Waals surface area (Å²) in [6.45, 7) is 0.261. The summed E-state index contributed by atoms with van der Waals surface area (Å²) in [6.07, 6.45) is 2.04. The van der Waals surface area contributed by atoms with Gasteiger partial charge in [0, 0.05) is 0 Å². The Morgan fingerprint density at radius 3 is 2.70 bits per heavy atom. The van der Waals surface area contributed by atoms with E-state index in [9.17, 15) is 13.2 Å². The first-order valence-corrected chi connectivity index (χ1v) is 10.5. The van der Waals surface area contributed by atoms with E-state index in [1.165, 1.54) is 0 Å². The Bertz CT molecular complexity index is 1040. The summed E-state index contributed by atoms with van der Waals surface area (Å²) in [4.78, 5) is 12.5. The number of hydrogen-bond donors (Lipinski definition) is 1. The lowest BCUT2D eigenvalue weighted by molar-refractivity contribution is 0.0942. The molecule has 8 heteroatoms. The molecule has 1 aromatic carbocycles. The topological polar surface area (TPSA) is 94.2 Å². The van der Waals surface area contributed by atoms with Crippen molar-refractivity contribution < 1.29 is 17.6 Å². The number of hydrogen-bond acceptors (Lipinski definition) is 5. The molecule has 4 rings (SSSR count). The molecule has 7 nitrogen and oxygen atoms in total. The minimum atomic E-state index is -3.07. The summed E-state index contributed by atoms with van der Waals surface area (Å²) in [5, 5.41) is 7.22. The van der Waals surface area contributed by atoms with E-state index in [1.54, 1.807) is 29.1 Å². The van der Waals surface area contributed by atoms with Gasteiger partial charge in [0.25, 0.3) is 5.91 Å². The van der Waals surface area contributed by atoms with Crippen molar-refractivity contribution in [2.75, 3.05) is 11.5 Å². The normalized spacial score (nSPS) is 18.4. The molecular formula is C19H19N3O4S. The third kappa shape index (κ3) is 3.80. The molecule has 0 radical (unpaired) electrons. The van der Waals surface area contributed by atoms with Crippen molar-refractivity contribution >= 4 is 15.7 Å². The molecule has 0 spiro atoms. The predicted octanol–water partition coefficient (Wildman–Crippen LogP) is 2.43. The maximum Gasteiger partial charge on any atom is 0.272 e. The average molecular weight is 385 g/mol. The van der Waals surface area contributed by atoms with E-state index in [-0.39, 0.29) is 35.7 Å². The largest absolute Gasteiger partial charge is 0.467 e. The zero-order chi connectivity index (χ0) is 18.9. The Kier molecular flexibility index (Phi) is 4.57. The molecule has 2 aromatic heterocycles. The van der Waals surface area contributed by atoms with Gasteiger partial charge in [-0.25, -0.2) is 8.42 Å². The highest BCUT2D eigenvalue weighted by Crippen LogP contribution is 2.30. The molecule has 0 aliphatic carbocycles. The van der Waals surface area contributed by atoms with Crippen LogP contribution >= 0.6 is 0 Å². The summed E-state index contributed by atoms with van der Waals surface area (Å²) in [7, 11) is -3.07. The first-order valence-electron chi connectivity index (χ1n) is 8.68. The van der Waals surface area contributed by atoms with E-state index in [4.69, 9.17) is 4.42 Å². The monoisotopic (exact) mass is 385 g/mol. The van der Waals surface area contributed by atoms with Crippen LogP contribution in [0.2, 0.25) is 0 Å². The lowest BCUT2D eigenvalue weighted by Gasteiger charge is -2.13. The van der Waals surface area contributed by atoms with Gasteiger partial charge >= 0.3 is 0 Å². The number of benzene rings is 1. The van der Waals surface area contributed by atoms with E-state index >= 15 is 0 Å². The van der Waals surface area contributed by atoms with Gasteiger partial charge in [0.05, 0.1) is 36.0 Å². The minimum Gasteiger partial charge on any atom is -0.467 e. The fourth-order valence-electron chi connectivity index (χ4n) is 3.25. The Balaban J connectivity index is 1.64. The first kappa shape index (κ1) is 17.5. The molecular weight excluding hydrogens is 366 g/mol. The van der Waals surface area contributed by atoms with Gasteiger partial charge in [-0.2, -0.15) is 5.10 Å². The molecule has 1 amide bonds. The molecule has 1 aliphatic heterocycles. The number of furan rings is 1. The Morgan fingerprint density at radius 1 is 1.22 bits per heavy atom. The molecule has 1 fully saturated rings. The maximum atomic E-state index is 12.5. The third-order valence-corrected chi connectivity index (χ3v) is 6.35. The van der Waals surface area contributed by atoms with Gasteiger partial charge in [0.1, 0.15) is 5.76 Å². The Labute approximate surface area is 156 Å². The van der Waals surface area contributed by atoms with Crippen molar-refractivity contribution in [2.24, 2.45) is 0 Å². The second-order valence-corrected chi connectivity index (χ2v) is 8.77. The van der Waals surface area contributed by atoms with E-state index in [2.05, 4.69) is 10.4 Å². The highest BCUT2D eigenvalue weighted by atomic mass is 32.2. The lowest BCUT2D eigenvalue weighted by atomic mass is 10.1. The van der Waals surface area contributed by atoms with Crippen molar-refractivity contribution in [3.05, 3.63) is 66.2 Å². The van der Waals surface area contributed by atoms with Gasteiger partial charge in [-0.1, -0.05) is 30.3 Å². The fourth-order valence-corrected chi connectivity index (χ4v) is 4.94. The fraction of sp³-hybridized carbons (Fsp3) is 0.263. The highest BCUT2D eigenvalue weighted by molar-refractivity contribution is 7.91. The number of nitrogens with one attached hydrogen (secondary N) is 1. The second-order valence-electron chi connectivity index (χ2n) is 6.54. The number of aromatic nitrogens is 2. The number of amides is 1. The molecule has 0 bridgehead atoms. The summed E-state index contributed by atoms with van der Waals surface area (Å²) < 4.78 is 30.7. The van der Waals surface area contributed by atoms with Crippen LogP contribution in [0.4, 0.5) is 0 Å². The molecule has 0 unspecified atom stereocenters. The molecule has 3 heterocycles. The lowest BCUT2D eigenvalue weighted by Crippen LogP contribution is -2.23. The average Bonchev–Trinajstić information content (AvgIpc) is 3.39. The number of nitrogens with zero attached hydrogens (tertiary/aromatic N) is 2. The van der Waals surface area contributed by atoms with Crippen molar-refractivity contribution in [3.8, 4) is 11.3 Å². The van der Waals surface area contributed by atoms with E-state index < -0.39 is 9.84 Å². The zero-order valence-electron chi connectivity index (χ0n) is 14.5. The van der Waals surface area contributed by atoms with E-state index in [0.29, 0.717) is 12.2 Å². The standard InChI is InChI=1S/C19H19N3O4S/c23-19(20-12-16-7-4-9-26-16)17-11-18(14-5-2-1-3-6-14)22(21-17)15-8-10-27(24,25)13-15/h1-7,9,11,15H,8,10,12-13H2,(H,20,23)/t15-/m1/s1. The predicted molar refractivity (Wildman–Crippen MR) is 99.8 cm³/mol. The maximum absolute atomic E-state index is 12.5. The van der Waals surface area contributed by atoms with Crippen LogP contribution < -0.4 is 5.32 Å². The SMILES string of the molecule is O=C(NCc1ccco1)c1cc(-c2ccccc2)n([C@@H]2CCS(=O)(=O)C2)n1. The van der Waals surface area contributed by atoms with E-state index in [1.807, 2.05) is 30.3 Å². The van der Waals surface area contributed by atoms with Crippen molar-refractivity contribution in [2.45, 2.75) is 19.0 Å². The van der Waals surface area contributed by atoms with Crippen LogP contribution in [0.15, 0.2) is 59.2 Å². The minimum absolute atomic E-state index is 0.0436. The highest BCUT2D eigenvalue weighted by Gasteiger charge is 2.32. The van der Waals surface area contributed by atoms with Gasteiger partial charge in [-0.15, -0.1) is 0 Å². The quantitative estimate of drug-likeness (QED) is 0.728. The van der Waals surface area contributed by atoms with Gasteiger partial charge in [0.15, 0.2) is 15.5 Å². The number of sulfone groups is 1. The van der Waals surface area contributed by atoms with Crippen LogP contribution in [-0.4, -0.2) is 35.6 Å². The summed E-state index contributed by atoms with van der Waals surface area (Å²) in [5.41, 5.74) is 1.88. The first-order chi connectivity index (χ1) is 13.0. The molecule has 0 saturated carbocycles. The van der Waals surface area contributed by atoms with Crippen LogP contribution in [0.5, 0.6) is 0 Å². The van der Waals surface area contributed by atoms with Gasteiger partial charge in [0.2, 0.25) is 0 Å². The van der Waals surface area contributed by atoms with Crippen LogP contribution in [0, 0.1) is 0 Å². The Hall–Kier alpha value is -2.87. The van der Waals surface area contributed by atoms with Crippen molar-refractivity contribution in [3.63, 3.8) is 0 Å². The summed E-state index contributed by atoms with van der Waals surface area (Å²) in [6, 6.07) is 14.5. The van der Waals surface area contributed by atoms with Crippen LogP contribution in [-0.2, 0) is 16.4 Å². The van der Waals surface area contributed by atoms with Crippen LogP contribution in [0.25, 0.3) is 11.3 Å².